The Balaban J connectivity index is -0.00000144. The van der Waals surface area contributed by atoms with E-state index in [-0.39, 0.29) is 35.6 Å². The number of rotatable bonds is 11. The molecule has 0 saturated heterocycles. The van der Waals surface area contributed by atoms with E-state index < -0.39 is 11.9 Å². The van der Waals surface area contributed by atoms with Gasteiger partial charge in [0.1, 0.15) is 0 Å². The van der Waals surface area contributed by atoms with Crippen molar-refractivity contribution in [3.8, 4) is 0 Å². The van der Waals surface area contributed by atoms with Crippen LogP contribution in [0, 0.1) is 0 Å². The van der Waals surface area contributed by atoms with Crippen molar-refractivity contribution in [3.05, 3.63) is 0 Å². The van der Waals surface area contributed by atoms with Gasteiger partial charge in [0.2, 0.25) is 0 Å². The zero-order chi connectivity index (χ0) is 14.0. The molecule has 4 N–H and O–H groups in total. The number of hydrogen-bond donors (Lipinski definition) is 2. The Labute approximate surface area is 138 Å². The largest absolute Gasteiger partial charge is 0.480 e. The number of hydrogen-bond acceptors (Lipinski definition) is 4. The summed E-state index contributed by atoms with van der Waals surface area (Å²) in [5, 5.41) is 17.4. The van der Waals surface area contributed by atoms with E-state index in [0.29, 0.717) is 37.9 Å². The molecular weight excluding hydrogens is 363 g/mol. The molecule has 7 nitrogen and oxygen atoms in total. The van der Waals surface area contributed by atoms with Crippen LogP contribution in [0.15, 0.2) is 0 Å². The van der Waals surface area contributed by atoms with Gasteiger partial charge in [-0.1, -0.05) is 0 Å². The van der Waals surface area contributed by atoms with Crippen molar-refractivity contribution in [2.45, 2.75) is 0 Å². The van der Waals surface area contributed by atoms with Crippen LogP contribution in [-0.2, 0) is 26.7 Å². The van der Waals surface area contributed by atoms with Crippen molar-refractivity contribution in [3.63, 3.8) is 0 Å². The Morgan fingerprint density at radius 3 is 1.45 bits per heavy atom. The van der Waals surface area contributed by atoms with Crippen LogP contribution in [0.5, 0.6) is 0 Å². The van der Waals surface area contributed by atoms with Crippen molar-refractivity contribution < 1.29 is 42.3 Å². The number of carboxylic acid groups (broad SMARTS) is 2. The summed E-state index contributed by atoms with van der Waals surface area (Å²) >= 11 is 11.3. The first-order chi connectivity index (χ1) is 8.49. The predicted molar refractivity (Wildman–Crippen MR) is 73.2 cm³/mol. The Morgan fingerprint density at radius 1 is 0.800 bits per heavy atom. The first-order valence-electron chi connectivity index (χ1n) is 5.49. The quantitative estimate of drug-likeness (QED) is 0.365. The van der Waals surface area contributed by atoms with Gasteiger partial charge in [0, 0.05) is 55.0 Å². The number of nitrogens with zero attached hydrogens (tertiary/aromatic N) is 2. The van der Waals surface area contributed by atoms with Gasteiger partial charge in [-0.2, -0.15) is 0 Å². The number of aliphatic carboxylic acids is 2. The molecule has 0 aromatic rings. The van der Waals surface area contributed by atoms with Gasteiger partial charge < -0.3 is 15.7 Å². The molecule has 0 unspecified atom stereocenters. The zero-order valence-electron chi connectivity index (χ0n) is 10.8. The Kier molecular flexibility index (Phi) is 19.1. The number of halogens is 2. The van der Waals surface area contributed by atoms with Gasteiger partial charge in [0.05, 0.1) is 13.1 Å². The minimum Gasteiger partial charge on any atom is -0.480 e. The molecule has 125 valence electrons. The van der Waals surface area contributed by atoms with Crippen LogP contribution in [-0.4, -0.2) is 88.5 Å². The van der Waals surface area contributed by atoms with E-state index in [1.165, 1.54) is 4.90 Å². The summed E-state index contributed by atoms with van der Waals surface area (Å²) in [7, 11) is 0. The number of alkyl halides is 2. The van der Waals surface area contributed by atoms with E-state index in [2.05, 4.69) is 0 Å². The second-order valence-electron chi connectivity index (χ2n) is 3.72. The van der Waals surface area contributed by atoms with Crippen molar-refractivity contribution in [1.82, 2.24) is 9.80 Å². The van der Waals surface area contributed by atoms with Crippen molar-refractivity contribution in [2.75, 3.05) is 51.0 Å². The Hall–Kier alpha value is -0.0805. The smallest absolute Gasteiger partial charge is 0.317 e. The molecule has 0 aliphatic carbocycles. The average Bonchev–Trinajstić information content (AvgIpc) is 2.24. The van der Waals surface area contributed by atoms with Gasteiger partial charge in [-0.05, 0) is 0 Å². The van der Waals surface area contributed by atoms with Gasteiger partial charge >= 0.3 is 11.9 Å². The maximum Gasteiger partial charge on any atom is 0.317 e. The average molecular weight is 383 g/mol. The zero-order valence-corrected chi connectivity index (χ0v) is 13.3. The molecule has 0 saturated carbocycles. The molecule has 0 aromatic heterocycles. The van der Waals surface area contributed by atoms with Gasteiger partial charge in [-0.25, -0.2) is 0 Å². The first kappa shape index (κ1) is 24.9. The standard InChI is InChI=1S/C10H18Cl2N2O4.Cu.H2O/c11-1-3-13(4-2-12)5-6-14(7-9(15)16)8-10(17)18;;/h1-8H2,(H,15,16)(H,17,18);;1H2. The van der Waals surface area contributed by atoms with Gasteiger partial charge in [-0.15, -0.1) is 23.2 Å². The third kappa shape index (κ3) is 14.3. The van der Waals surface area contributed by atoms with Crippen LogP contribution in [0.3, 0.4) is 0 Å². The number of carbonyl (C=O) groups is 2. The molecule has 0 aromatic carbocycles. The molecule has 0 aliphatic heterocycles. The van der Waals surface area contributed by atoms with Crippen LogP contribution in [0.4, 0.5) is 0 Å². The van der Waals surface area contributed by atoms with E-state index in [9.17, 15) is 9.59 Å². The fraction of sp³-hybridized carbons (Fsp3) is 0.800. The van der Waals surface area contributed by atoms with Gasteiger partial charge in [0.25, 0.3) is 0 Å². The maximum absolute atomic E-state index is 10.6. The minimum absolute atomic E-state index is 0. The van der Waals surface area contributed by atoms with Crippen molar-refractivity contribution >= 4 is 35.1 Å². The molecule has 0 rings (SSSR count). The summed E-state index contributed by atoms with van der Waals surface area (Å²) < 4.78 is 0. The maximum atomic E-state index is 10.6. The molecule has 0 aliphatic rings. The second-order valence-corrected chi connectivity index (χ2v) is 4.47. The summed E-state index contributed by atoms with van der Waals surface area (Å²) in [6.45, 7) is 1.60. The molecule has 20 heavy (non-hydrogen) atoms. The molecule has 1 radical (unpaired) electrons. The topological polar surface area (TPSA) is 113 Å². The van der Waals surface area contributed by atoms with Crippen LogP contribution >= 0.6 is 23.2 Å². The van der Waals surface area contributed by atoms with E-state index in [0.717, 1.165) is 0 Å². The van der Waals surface area contributed by atoms with Crippen molar-refractivity contribution in [1.29, 1.82) is 0 Å². The summed E-state index contributed by atoms with van der Waals surface area (Å²) in [6, 6.07) is 0. The normalized spacial score (nSPS) is 10.0. The van der Waals surface area contributed by atoms with E-state index in [1.807, 2.05) is 4.90 Å². The molecule has 0 fully saturated rings. The summed E-state index contributed by atoms with van der Waals surface area (Å²) in [5.41, 5.74) is 0. The first-order valence-corrected chi connectivity index (χ1v) is 6.56. The summed E-state index contributed by atoms with van der Waals surface area (Å²) in [6.07, 6.45) is 0. The van der Waals surface area contributed by atoms with E-state index >= 15 is 0 Å². The summed E-state index contributed by atoms with van der Waals surface area (Å²) in [5.74, 6) is -1.18. The van der Waals surface area contributed by atoms with Crippen molar-refractivity contribution in [2.24, 2.45) is 0 Å². The van der Waals surface area contributed by atoms with Gasteiger partial charge in [0.15, 0.2) is 0 Å². The molecule has 0 bridgehead atoms. The predicted octanol–water partition coefficient (Wildman–Crippen LogP) is -0.590. The SMILES string of the molecule is O.O=C(O)CN(CCN(CCCl)CCCl)CC(=O)O.[Cu]. The molecule has 10 heteroatoms. The number of carboxylic acids is 2. The Bertz CT molecular complexity index is 252. The van der Waals surface area contributed by atoms with E-state index in [4.69, 9.17) is 33.4 Å². The summed E-state index contributed by atoms with van der Waals surface area (Å²) in [4.78, 5) is 24.5. The minimum atomic E-state index is -1.04. The van der Waals surface area contributed by atoms with Crippen LogP contribution in [0.25, 0.3) is 0 Å². The van der Waals surface area contributed by atoms with E-state index in [1.54, 1.807) is 0 Å². The van der Waals surface area contributed by atoms with Gasteiger partial charge in [-0.3, -0.25) is 19.4 Å². The van der Waals surface area contributed by atoms with Crippen LogP contribution < -0.4 is 0 Å². The van der Waals surface area contributed by atoms with Crippen LogP contribution in [0.2, 0.25) is 0 Å². The molecule has 0 atom stereocenters. The fourth-order valence-corrected chi connectivity index (χ4v) is 1.93. The molecule has 0 amide bonds. The monoisotopic (exact) mass is 381 g/mol. The fourth-order valence-electron chi connectivity index (χ4n) is 1.45. The second kappa shape index (κ2) is 15.3. The third-order valence-corrected chi connectivity index (χ3v) is 2.59. The molecular formula is C10H20Cl2CuN2O5. The molecule has 0 spiro atoms. The molecule has 0 heterocycles. The Morgan fingerprint density at radius 2 is 1.15 bits per heavy atom. The van der Waals surface area contributed by atoms with Crippen LogP contribution in [0.1, 0.15) is 0 Å². The third-order valence-electron chi connectivity index (χ3n) is 2.25.